The van der Waals surface area contributed by atoms with E-state index in [4.69, 9.17) is 5.73 Å². The maximum absolute atomic E-state index is 11.5. The van der Waals surface area contributed by atoms with Crippen LogP contribution in [-0.4, -0.2) is 36.1 Å². The highest BCUT2D eigenvalue weighted by Crippen LogP contribution is 2.18. The van der Waals surface area contributed by atoms with Gasteiger partial charge in [0.05, 0.1) is 12.8 Å². The molecular formula is C11H18N4O2. The molecule has 0 bridgehead atoms. The molecule has 0 amide bonds. The van der Waals surface area contributed by atoms with Gasteiger partial charge >= 0.3 is 5.97 Å². The van der Waals surface area contributed by atoms with E-state index in [0.29, 0.717) is 11.6 Å². The molecule has 0 fully saturated rings. The number of nitrogens with zero attached hydrogens (tertiary/aromatic N) is 3. The second-order valence-corrected chi connectivity index (χ2v) is 3.53. The van der Waals surface area contributed by atoms with E-state index in [9.17, 15) is 4.79 Å². The number of nitrogens with two attached hydrogens (primary N) is 1. The van der Waals surface area contributed by atoms with Gasteiger partial charge in [-0.05, 0) is 20.8 Å². The molecular weight excluding hydrogens is 220 g/mol. The van der Waals surface area contributed by atoms with Crippen LogP contribution in [0, 0.1) is 6.92 Å². The summed E-state index contributed by atoms with van der Waals surface area (Å²) in [6.07, 6.45) is 0. The number of carbonyl (C=O) groups excluding carboxylic acids is 1. The second kappa shape index (κ2) is 5.47. The van der Waals surface area contributed by atoms with Gasteiger partial charge in [0.2, 0.25) is 5.95 Å². The number of anilines is 2. The lowest BCUT2D eigenvalue weighted by atomic mass is 10.2. The molecule has 94 valence electrons. The number of nitrogen functional groups attached to an aromatic ring is 1. The maximum atomic E-state index is 11.5. The predicted octanol–water partition coefficient (Wildman–Crippen LogP) is 1.00. The summed E-state index contributed by atoms with van der Waals surface area (Å²) < 4.78 is 4.64. The van der Waals surface area contributed by atoms with Gasteiger partial charge in [0.25, 0.3) is 0 Å². The molecule has 0 aliphatic carbocycles. The molecule has 1 aromatic rings. The summed E-state index contributed by atoms with van der Waals surface area (Å²) in [5.74, 6) is 0.190. The fourth-order valence-electron chi connectivity index (χ4n) is 1.58. The average molecular weight is 238 g/mol. The van der Waals surface area contributed by atoms with Crippen LogP contribution in [0.25, 0.3) is 0 Å². The minimum atomic E-state index is -0.508. The van der Waals surface area contributed by atoms with E-state index < -0.39 is 5.97 Å². The Morgan fingerprint density at radius 1 is 1.35 bits per heavy atom. The van der Waals surface area contributed by atoms with Crippen molar-refractivity contribution in [1.82, 2.24) is 9.97 Å². The molecule has 6 nitrogen and oxygen atoms in total. The summed E-state index contributed by atoms with van der Waals surface area (Å²) in [6, 6.07) is 0. The fourth-order valence-corrected chi connectivity index (χ4v) is 1.58. The monoisotopic (exact) mass is 238 g/mol. The largest absolute Gasteiger partial charge is 0.465 e. The zero-order valence-electron chi connectivity index (χ0n) is 10.6. The molecule has 0 saturated heterocycles. The van der Waals surface area contributed by atoms with Crippen molar-refractivity contribution >= 4 is 17.7 Å². The zero-order valence-corrected chi connectivity index (χ0v) is 10.6. The predicted molar refractivity (Wildman–Crippen MR) is 66.1 cm³/mol. The molecule has 1 heterocycles. The quantitative estimate of drug-likeness (QED) is 0.788. The highest BCUT2D eigenvalue weighted by atomic mass is 16.5. The van der Waals surface area contributed by atoms with Gasteiger partial charge in [0.1, 0.15) is 11.4 Å². The van der Waals surface area contributed by atoms with Gasteiger partial charge < -0.3 is 15.4 Å². The van der Waals surface area contributed by atoms with Crippen molar-refractivity contribution in [2.75, 3.05) is 30.8 Å². The lowest BCUT2D eigenvalue weighted by Gasteiger charge is -2.19. The van der Waals surface area contributed by atoms with Gasteiger partial charge in [-0.15, -0.1) is 0 Å². The van der Waals surface area contributed by atoms with Crippen molar-refractivity contribution in [2.24, 2.45) is 0 Å². The van der Waals surface area contributed by atoms with Crippen LogP contribution >= 0.6 is 0 Å². The number of rotatable bonds is 4. The Morgan fingerprint density at radius 2 is 1.94 bits per heavy atom. The molecule has 0 atom stereocenters. The highest BCUT2D eigenvalue weighted by Gasteiger charge is 2.18. The van der Waals surface area contributed by atoms with E-state index in [-0.39, 0.29) is 11.4 Å². The Morgan fingerprint density at radius 3 is 2.35 bits per heavy atom. The first-order chi connectivity index (χ1) is 8.04. The van der Waals surface area contributed by atoms with E-state index in [1.165, 1.54) is 7.11 Å². The average Bonchev–Trinajstić information content (AvgIpc) is 2.29. The van der Waals surface area contributed by atoms with Crippen LogP contribution in [0.2, 0.25) is 0 Å². The summed E-state index contributed by atoms with van der Waals surface area (Å²) in [5.41, 5.74) is 6.54. The van der Waals surface area contributed by atoms with E-state index in [2.05, 4.69) is 14.7 Å². The third kappa shape index (κ3) is 2.64. The Labute approximate surface area is 101 Å². The Kier molecular flexibility index (Phi) is 4.25. The van der Waals surface area contributed by atoms with Gasteiger partial charge in [-0.3, -0.25) is 0 Å². The first-order valence-electron chi connectivity index (χ1n) is 5.52. The summed E-state index contributed by atoms with van der Waals surface area (Å²) >= 11 is 0. The van der Waals surface area contributed by atoms with E-state index in [0.717, 1.165) is 13.1 Å². The standard InChI is InChI=1S/C11H18N4O2/c1-5-15(6-2)11-13-7(3)8(9(12)14-11)10(16)17-4/h5-6H2,1-4H3,(H2,12,13,14). The van der Waals surface area contributed by atoms with Crippen molar-refractivity contribution < 1.29 is 9.53 Å². The van der Waals surface area contributed by atoms with Crippen molar-refractivity contribution in [2.45, 2.75) is 20.8 Å². The second-order valence-electron chi connectivity index (χ2n) is 3.53. The summed E-state index contributed by atoms with van der Waals surface area (Å²) in [6.45, 7) is 7.30. The molecule has 2 N–H and O–H groups in total. The lowest BCUT2D eigenvalue weighted by Crippen LogP contribution is -2.26. The Balaban J connectivity index is 3.22. The molecule has 1 rings (SSSR count). The van der Waals surface area contributed by atoms with Gasteiger partial charge in [-0.2, -0.15) is 4.98 Å². The summed E-state index contributed by atoms with van der Waals surface area (Å²) in [5, 5.41) is 0. The third-order valence-electron chi connectivity index (χ3n) is 2.54. The molecule has 6 heteroatoms. The normalized spacial score (nSPS) is 10.1. The van der Waals surface area contributed by atoms with Crippen molar-refractivity contribution in [1.29, 1.82) is 0 Å². The third-order valence-corrected chi connectivity index (χ3v) is 2.54. The summed E-state index contributed by atoms with van der Waals surface area (Å²) in [7, 11) is 1.31. The number of ether oxygens (including phenoxy) is 1. The number of esters is 1. The molecule has 0 radical (unpaired) electrons. The topological polar surface area (TPSA) is 81.3 Å². The SMILES string of the molecule is CCN(CC)c1nc(C)c(C(=O)OC)c(N)n1. The van der Waals surface area contributed by atoms with Gasteiger partial charge in [0.15, 0.2) is 0 Å². The summed E-state index contributed by atoms with van der Waals surface area (Å²) in [4.78, 5) is 21.9. The number of hydrogen-bond donors (Lipinski definition) is 1. The number of carbonyl (C=O) groups is 1. The molecule has 0 aliphatic heterocycles. The van der Waals surface area contributed by atoms with Crippen LogP contribution in [0.3, 0.4) is 0 Å². The molecule has 0 aromatic carbocycles. The van der Waals surface area contributed by atoms with Crippen LogP contribution in [-0.2, 0) is 4.74 Å². The molecule has 0 unspecified atom stereocenters. The molecule has 0 spiro atoms. The number of methoxy groups -OCH3 is 1. The smallest absolute Gasteiger partial charge is 0.343 e. The van der Waals surface area contributed by atoms with Crippen LogP contribution in [0.15, 0.2) is 0 Å². The molecule has 0 aliphatic rings. The van der Waals surface area contributed by atoms with Crippen molar-refractivity contribution in [3.63, 3.8) is 0 Å². The Bertz CT molecular complexity index is 393. The number of hydrogen-bond acceptors (Lipinski definition) is 6. The van der Waals surface area contributed by atoms with Crippen LogP contribution in [0.5, 0.6) is 0 Å². The van der Waals surface area contributed by atoms with Crippen molar-refractivity contribution in [3.8, 4) is 0 Å². The van der Waals surface area contributed by atoms with Crippen molar-refractivity contribution in [3.05, 3.63) is 11.3 Å². The minimum absolute atomic E-state index is 0.159. The minimum Gasteiger partial charge on any atom is -0.465 e. The Hall–Kier alpha value is -1.85. The van der Waals surface area contributed by atoms with Gasteiger partial charge in [-0.1, -0.05) is 0 Å². The van der Waals surface area contributed by atoms with Gasteiger partial charge in [0, 0.05) is 13.1 Å². The van der Waals surface area contributed by atoms with E-state index in [1.54, 1.807) is 6.92 Å². The lowest BCUT2D eigenvalue weighted by molar-refractivity contribution is 0.0600. The molecule has 1 aromatic heterocycles. The van der Waals surface area contributed by atoms with E-state index >= 15 is 0 Å². The first kappa shape index (κ1) is 13.2. The number of aryl methyl sites for hydroxylation is 1. The van der Waals surface area contributed by atoms with Crippen LogP contribution in [0.4, 0.5) is 11.8 Å². The van der Waals surface area contributed by atoms with E-state index in [1.807, 2.05) is 18.7 Å². The highest BCUT2D eigenvalue weighted by molar-refractivity contribution is 5.95. The number of aromatic nitrogens is 2. The molecule has 17 heavy (non-hydrogen) atoms. The van der Waals surface area contributed by atoms with Crippen LogP contribution in [0.1, 0.15) is 29.9 Å². The fraction of sp³-hybridized carbons (Fsp3) is 0.545. The van der Waals surface area contributed by atoms with Gasteiger partial charge in [-0.25, -0.2) is 9.78 Å². The van der Waals surface area contributed by atoms with Crippen LogP contribution < -0.4 is 10.6 Å². The zero-order chi connectivity index (χ0) is 13.0. The molecule has 0 saturated carbocycles. The maximum Gasteiger partial charge on any atom is 0.343 e. The first-order valence-corrected chi connectivity index (χ1v) is 5.52.